The summed E-state index contributed by atoms with van der Waals surface area (Å²) in [6, 6.07) is 2.64. The van der Waals surface area contributed by atoms with Crippen LogP contribution in [0.25, 0.3) is 0 Å². The van der Waals surface area contributed by atoms with Crippen molar-refractivity contribution in [3.05, 3.63) is 45.4 Å². The molecule has 2 aromatic rings. The number of rotatable bonds is 3. The van der Waals surface area contributed by atoms with Gasteiger partial charge in [0.1, 0.15) is 5.82 Å². The van der Waals surface area contributed by atoms with Crippen LogP contribution < -0.4 is 5.56 Å². The Morgan fingerprint density at radius 3 is 3.05 bits per heavy atom. The first-order chi connectivity index (χ1) is 10.8. The first kappa shape index (κ1) is 12.6. The fourth-order valence-electron chi connectivity index (χ4n) is 4.08. The number of hydrogen-bond acceptors (Lipinski definition) is 4. The van der Waals surface area contributed by atoms with Gasteiger partial charge in [0.2, 0.25) is 0 Å². The molecule has 4 heterocycles. The van der Waals surface area contributed by atoms with Crippen molar-refractivity contribution in [3.8, 4) is 0 Å². The van der Waals surface area contributed by atoms with Crippen LogP contribution in [0.2, 0.25) is 0 Å². The highest BCUT2D eigenvalue weighted by Crippen LogP contribution is 2.43. The van der Waals surface area contributed by atoms with E-state index in [2.05, 4.69) is 20.1 Å². The molecule has 6 heteroatoms. The maximum absolute atomic E-state index is 11.9. The van der Waals surface area contributed by atoms with Crippen molar-refractivity contribution >= 4 is 0 Å². The fraction of sp³-hybridized carbons (Fsp3) is 0.562. The second-order valence-electron chi connectivity index (χ2n) is 6.82. The number of nitrogens with zero attached hydrogens (tertiary/aromatic N) is 3. The van der Waals surface area contributed by atoms with Gasteiger partial charge in [-0.15, -0.1) is 0 Å². The van der Waals surface area contributed by atoms with Crippen molar-refractivity contribution in [1.82, 2.24) is 25.1 Å². The summed E-state index contributed by atoms with van der Waals surface area (Å²) in [7, 11) is 0. The highest BCUT2D eigenvalue weighted by atomic mass is 16.1. The molecule has 0 amide bonds. The minimum Gasteiger partial charge on any atom is -0.310 e. The summed E-state index contributed by atoms with van der Waals surface area (Å²) < 4.78 is 0. The Balaban J connectivity index is 1.46. The number of aromatic amines is 2. The zero-order chi connectivity index (χ0) is 14.7. The van der Waals surface area contributed by atoms with Gasteiger partial charge in [-0.2, -0.15) is 5.10 Å². The Labute approximate surface area is 128 Å². The van der Waals surface area contributed by atoms with Crippen molar-refractivity contribution in [1.29, 1.82) is 0 Å². The third-order valence-electron chi connectivity index (χ3n) is 5.31. The molecule has 0 radical (unpaired) electrons. The lowest BCUT2D eigenvalue weighted by atomic mass is 10.00. The standard InChI is InChI=1S/C16H19N5O/c22-15-5-10(18-16(19-15)9-1-2-9)8-21-11-3-4-14(21)12-7-17-20-13(12)6-11/h5,7,9,11,14H,1-4,6,8H2,(H,17,20)(H,18,19,22). The molecular weight excluding hydrogens is 278 g/mol. The molecule has 2 unspecified atom stereocenters. The minimum absolute atomic E-state index is 0.0137. The van der Waals surface area contributed by atoms with Gasteiger partial charge in [0.15, 0.2) is 0 Å². The van der Waals surface area contributed by atoms with Gasteiger partial charge in [0, 0.05) is 48.3 Å². The maximum atomic E-state index is 11.9. The molecular formula is C16H19N5O. The fourth-order valence-corrected chi connectivity index (χ4v) is 4.08. The van der Waals surface area contributed by atoms with E-state index < -0.39 is 0 Å². The molecule has 1 saturated carbocycles. The quantitative estimate of drug-likeness (QED) is 0.902. The highest BCUT2D eigenvalue weighted by molar-refractivity contribution is 5.28. The van der Waals surface area contributed by atoms with Crippen LogP contribution in [-0.2, 0) is 13.0 Å². The van der Waals surface area contributed by atoms with Gasteiger partial charge in [-0.1, -0.05) is 0 Å². The summed E-state index contributed by atoms with van der Waals surface area (Å²) in [5.41, 5.74) is 3.53. The largest absolute Gasteiger partial charge is 0.310 e. The lowest BCUT2D eigenvalue weighted by molar-refractivity contribution is 0.165. The molecule has 2 aliphatic heterocycles. The van der Waals surface area contributed by atoms with Crippen molar-refractivity contribution in [2.24, 2.45) is 0 Å². The Hall–Kier alpha value is -1.95. The van der Waals surface area contributed by atoms with Gasteiger partial charge in [-0.05, 0) is 25.7 Å². The molecule has 1 aliphatic carbocycles. The smallest absolute Gasteiger partial charge is 0.251 e. The summed E-state index contributed by atoms with van der Waals surface area (Å²) in [6.45, 7) is 0.767. The van der Waals surface area contributed by atoms with Crippen LogP contribution in [0.1, 0.15) is 60.4 Å². The summed E-state index contributed by atoms with van der Waals surface area (Å²) in [5, 5.41) is 7.34. The average Bonchev–Trinajstić information content (AvgIpc) is 3.19. The second-order valence-corrected chi connectivity index (χ2v) is 6.82. The molecule has 2 fully saturated rings. The molecule has 1 saturated heterocycles. The average molecular weight is 297 g/mol. The Morgan fingerprint density at radius 2 is 2.18 bits per heavy atom. The van der Waals surface area contributed by atoms with Gasteiger partial charge in [-0.3, -0.25) is 14.8 Å². The van der Waals surface area contributed by atoms with Crippen molar-refractivity contribution in [2.75, 3.05) is 0 Å². The van der Waals surface area contributed by atoms with Gasteiger partial charge in [0.25, 0.3) is 5.56 Å². The zero-order valence-electron chi connectivity index (χ0n) is 12.4. The van der Waals surface area contributed by atoms with Crippen LogP contribution in [-0.4, -0.2) is 31.1 Å². The lowest BCUT2D eigenvalue weighted by Crippen LogP contribution is -2.37. The van der Waals surface area contributed by atoms with Crippen LogP contribution in [0, 0.1) is 0 Å². The van der Waals surface area contributed by atoms with Crippen molar-refractivity contribution < 1.29 is 0 Å². The summed E-state index contributed by atoms with van der Waals surface area (Å²) in [4.78, 5) is 22.0. The van der Waals surface area contributed by atoms with E-state index in [9.17, 15) is 4.79 Å². The number of aromatic nitrogens is 4. The lowest BCUT2D eigenvalue weighted by Gasteiger charge is -2.34. The van der Waals surface area contributed by atoms with Gasteiger partial charge >= 0.3 is 0 Å². The molecule has 114 valence electrons. The van der Waals surface area contributed by atoms with Gasteiger partial charge < -0.3 is 4.98 Å². The van der Waals surface area contributed by atoms with Gasteiger partial charge in [0.05, 0.1) is 11.9 Å². The summed E-state index contributed by atoms with van der Waals surface area (Å²) >= 11 is 0. The highest BCUT2D eigenvalue weighted by Gasteiger charge is 2.41. The van der Waals surface area contributed by atoms with Crippen LogP contribution in [0.3, 0.4) is 0 Å². The van der Waals surface area contributed by atoms with Crippen LogP contribution in [0.15, 0.2) is 17.1 Å². The van der Waals surface area contributed by atoms with E-state index in [-0.39, 0.29) is 5.56 Å². The molecule has 2 bridgehead atoms. The number of fused-ring (bicyclic) bond motifs is 4. The molecule has 2 N–H and O–H groups in total. The summed E-state index contributed by atoms with van der Waals surface area (Å²) in [6.07, 6.45) is 7.70. The van der Waals surface area contributed by atoms with E-state index in [0.29, 0.717) is 18.0 Å². The monoisotopic (exact) mass is 297 g/mol. The third kappa shape index (κ3) is 1.94. The Kier molecular flexibility index (Phi) is 2.59. The van der Waals surface area contributed by atoms with Crippen molar-refractivity contribution in [3.63, 3.8) is 0 Å². The Morgan fingerprint density at radius 1 is 1.27 bits per heavy atom. The molecule has 22 heavy (non-hydrogen) atoms. The Bertz CT molecular complexity index is 775. The molecule has 3 aliphatic rings. The predicted molar refractivity (Wildman–Crippen MR) is 80.4 cm³/mol. The van der Waals surface area contributed by atoms with Crippen LogP contribution in [0.4, 0.5) is 0 Å². The molecule has 0 aromatic carbocycles. The predicted octanol–water partition coefficient (Wildman–Crippen LogP) is 1.63. The summed E-state index contributed by atoms with van der Waals surface area (Å²) in [5.74, 6) is 1.36. The third-order valence-corrected chi connectivity index (χ3v) is 5.31. The van der Waals surface area contributed by atoms with E-state index in [1.54, 1.807) is 6.07 Å². The van der Waals surface area contributed by atoms with E-state index in [0.717, 1.165) is 37.3 Å². The van der Waals surface area contributed by atoms with E-state index in [4.69, 9.17) is 4.98 Å². The van der Waals surface area contributed by atoms with Crippen LogP contribution in [0.5, 0.6) is 0 Å². The zero-order valence-corrected chi connectivity index (χ0v) is 12.4. The molecule has 5 rings (SSSR count). The second kappa shape index (κ2) is 4.52. The number of hydrogen-bond donors (Lipinski definition) is 2. The molecule has 2 atom stereocenters. The SMILES string of the molecule is O=c1cc(CN2C3CCC2c2cn[nH]c2C3)nc(C2CC2)[nH]1. The minimum atomic E-state index is -0.0137. The van der Waals surface area contributed by atoms with Crippen LogP contribution >= 0.6 is 0 Å². The van der Waals surface area contributed by atoms with Crippen molar-refractivity contribution in [2.45, 2.75) is 56.7 Å². The van der Waals surface area contributed by atoms with E-state index in [1.807, 2.05) is 6.20 Å². The van der Waals surface area contributed by atoms with E-state index >= 15 is 0 Å². The number of nitrogens with one attached hydrogen (secondary N) is 2. The first-order valence-electron chi connectivity index (χ1n) is 8.16. The number of H-pyrrole nitrogens is 2. The van der Waals surface area contributed by atoms with Gasteiger partial charge in [-0.25, -0.2) is 4.98 Å². The molecule has 2 aromatic heterocycles. The molecule has 0 spiro atoms. The topological polar surface area (TPSA) is 77.7 Å². The van der Waals surface area contributed by atoms with E-state index in [1.165, 1.54) is 24.1 Å². The maximum Gasteiger partial charge on any atom is 0.251 e. The molecule has 6 nitrogen and oxygen atoms in total. The normalized spacial score (nSPS) is 27.1. The first-order valence-corrected chi connectivity index (χ1v) is 8.16.